The molecule has 6 heteroatoms. The van der Waals surface area contributed by atoms with E-state index >= 15 is 0 Å². The number of para-hydroxylation sites is 1. The van der Waals surface area contributed by atoms with Gasteiger partial charge in [-0.2, -0.15) is 5.10 Å². The molecule has 0 aliphatic heterocycles. The number of carbonyl (C=O) groups is 1. The van der Waals surface area contributed by atoms with Gasteiger partial charge < -0.3 is 5.32 Å². The lowest BCUT2D eigenvalue weighted by Crippen LogP contribution is -2.15. The van der Waals surface area contributed by atoms with Gasteiger partial charge >= 0.3 is 0 Å². The second-order valence-corrected chi connectivity index (χ2v) is 6.24. The molecule has 28 heavy (non-hydrogen) atoms. The molecular weight excluding hydrogens is 355 g/mol. The van der Waals surface area contributed by atoms with Crippen LogP contribution in [0.15, 0.2) is 78.9 Å². The number of amides is 1. The normalized spacial score (nSPS) is 10.6. The average molecular weight is 372 g/mol. The quantitative estimate of drug-likeness (QED) is 0.543. The third kappa shape index (κ3) is 3.81. The summed E-state index contributed by atoms with van der Waals surface area (Å²) in [5.41, 5.74) is 2.54. The van der Waals surface area contributed by atoms with Crippen LogP contribution in [0.4, 0.5) is 10.1 Å². The maximum absolute atomic E-state index is 13.8. The number of carbonyl (C=O) groups excluding carboxylic acids is 1. The lowest BCUT2D eigenvalue weighted by molar-refractivity contribution is -0.115. The van der Waals surface area contributed by atoms with Crippen molar-refractivity contribution in [2.45, 2.75) is 6.42 Å². The minimum Gasteiger partial charge on any atom is -0.325 e. The number of hydrogen-bond acceptors (Lipinski definition) is 3. The van der Waals surface area contributed by atoms with Gasteiger partial charge in [0, 0.05) is 11.1 Å². The molecule has 2 N–H and O–H groups in total. The van der Waals surface area contributed by atoms with Crippen molar-refractivity contribution < 1.29 is 9.18 Å². The van der Waals surface area contributed by atoms with Crippen LogP contribution < -0.4 is 5.32 Å². The van der Waals surface area contributed by atoms with E-state index in [0.717, 1.165) is 5.56 Å². The monoisotopic (exact) mass is 372 g/mol. The van der Waals surface area contributed by atoms with Crippen LogP contribution in [0.1, 0.15) is 5.56 Å². The first-order valence-corrected chi connectivity index (χ1v) is 8.81. The topological polar surface area (TPSA) is 70.7 Å². The van der Waals surface area contributed by atoms with E-state index < -0.39 is 5.82 Å². The number of benzene rings is 3. The molecule has 0 aliphatic rings. The van der Waals surface area contributed by atoms with Crippen LogP contribution in [0.3, 0.4) is 0 Å². The fourth-order valence-corrected chi connectivity index (χ4v) is 2.91. The van der Waals surface area contributed by atoms with Gasteiger partial charge in [-0.3, -0.25) is 9.89 Å². The molecule has 0 radical (unpaired) electrons. The van der Waals surface area contributed by atoms with Crippen LogP contribution >= 0.6 is 0 Å². The number of halogens is 1. The summed E-state index contributed by atoms with van der Waals surface area (Å²) in [4.78, 5) is 17.0. The summed E-state index contributed by atoms with van der Waals surface area (Å²) in [6.45, 7) is 0. The maximum atomic E-state index is 13.8. The molecular formula is C22H17FN4O. The van der Waals surface area contributed by atoms with Gasteiger partial charge in [-0.1, -0.05) is 60.7 Å². The van der Waals surface area contributed by atoms with Gasteiger partial charge in [0.2, 0.25) is 5.91 Å². The molecule has 4 rings (SSSR count). The lowest BCUT2D eigenvalue weighted by Gasteiger charge is -2.09. The number of rotatable bonds is 5. The van der Waals surface area contributed by atoms with Crippen molar-refractivity contribution in [1.29, 1.82) is 0 Å². The van der Waals surface area contributed by atoms with E-state index in [1.54, 1.807) is 24.3 Å². The number of hydrogen-bond donors (Lipinski definition) is 2. The third-order valence-corrected chi connectivity index (χ3v) is 4.28. The van der Waals surface area contributed by atoms with Crippen LogP contribution in [0, 0.1) is 5.82 Å². The molecule has 138 valence electrons. The lowest BCUT2D eigenvalue weighted by atomic mass is 10.1. The first-order chi connectivity index (χ1) is 13.7. The summed E-state index contributed by atoms with van der Waals surface area (Å²) >= 11 is 0. The van der Waals surface area contributed by atoms with Crippen LogP contribution in [0.25, 0.3) is 22.8 Å². The van der Waals surface area contributed by atoms with Gasteiger partial charge in [0.15, 0.2) is 11.6 Å². The molecule has 3 aromatic carbocycles. The fourth-order valence-electron chi connectivity index (χ4n) is 2.91. The van der Waals surface area contributed by atoms with Gasteiger partial charge in [-0.25, -0.2) is 9.37 Å². The molecule has 1 amide bonds. The minimum atomic E-state index is -0.395. The maximum Gasteiger partial charge on any atom is 0.228 e. The smallest absolute Gasteiger partial charge is 0.228 e. The molecule has 0 aliphatic carbocycles. The molecule has 0 bridgehead atoms. The highest BCUT2D eigenvalue weighted by Gasteiger charge is 2.14. The average Bonchev–Trinajstić information content (AvgIpc) is 3.21. The number of H-pyrrole nitrogens is 1. The Morgan fingerprint density at radius 1 is 0.929 bits per heavy atom. The van der Waals surface area contributed by atoms with E-state index in [2.05, 4.69) is 20.5 Å². The van der Waals surface area contributed by atoms with Crippen LogP contribution in [0.5, 0.6) is 0 Å². The molecule has 5 nitrogen and oxygen atoms in total. The van der Waals surface area contributed by atoms with Crippen molar-refractivity contribution in [2.24, 2.45) is 0 Å². The highest BCUT2D eigenvalue weighted by molar-refractivity contribution is 5.96. The number of anilines is 1. The standard InChI is InChI=1S/C22H17FN4O/c23-18-12-6-4-10-16(18)14-20(28)24-19-13-7-5-11-17(19)22-25-21(26-27-22)15-8-2-1-3-9-15/h1-13H,14H2,(H,24,28)(H,25,26,27). The Bertz CT molecular complexity index is 1110. The van der Waals surface area contributed by atoms with E-state index in [1.165, 1.54) is 6.07 Å². The second-order valence-electron chi connectivity index (χ2n) is 6.24. The number of aromatic amines is 1. The first-order valence-electron chi connectivity index (χ1n) is 8.81. The second kappa shape index (κ2) is 7.84. The Morgan fingerprint density at radius 2 is 1.64 bits per heavy atom. The van der Waals surface area contributed by atoms with Gasteiger partial charge in [0.25, 0.3) is 0 Å². The molecule has 0 saturated heterocycles. The minimum absolute atomic E-state index is 0.0489. The summed E-state index contributed by atoms with van der Waals surface area (Å²) in [5, 5.41) is 10.0. The SMILES string of the molecule is O=C(Cc1ccccc1F)Nc1ccccc1-c1nc(-c2ccccc2)n[nH]1. The number of nitrogens with zero attached hydrogens (tertiary/aromatic N) is 2. The zero-order chi connectivity index (χ0) is 19.3. The van der Waals surface area contributed by atoms with Gasteiger partial charge in [0.1, 0.15) is 5.82 Å². The molecule has 0 saturated carbocycles. The largest absolute Gasteiger partial charge is 0.325 e. The highest BCUT2D eigenvalue weighted by Crippen LogP contribution is 2.27. The van der Waals surface area contributed by atoms with Crippen LogP contribution in [-0.4, -0.2) is 21.1 Å². The van der Waals surface area contributed by atoms with Crippen molar-refractivity contribution in [3.63, 3.8) is 0 Å². The van der Waals surface area contributed by atoms with E-state index in [-0.39, 0.29) is 12.3 Å². The zero-order valence-electron chi connectivity index (χ0n) is 14.9. The Morgan fingerprint density at radius 3 is 2.46 bits per heavy atom. The summed E-state index contributed by atoms with van der Waals surface area (Å²) in [6.07, 6.45) is -0.0489. The first kappa shape index (κ1) is 17.6. The van der Waals surface area contributed by atoms with Crippen molar-refractivity contribution in [3.05, 3.63) is 90.2 Å². The Hall–Kier alpha value is -3.80. The van der Waals surface area contributed by atoms with Crippen molar-refractivity contribution in [2.75, 3.05) is 5.32 Å². The van der Waals surface area contributed by atoms with Gasteiger partial charge in [0.05, 0.1) is 12.1 Å². The molecule has 0 atom stereocenters. The van der Waals surface area contributed by atoms with E-state index in [1.807, 2.05) is 48.5 Å². The molecule has 1 heterocycles. The fraction of sp³-hybridized carbons (Fsp3) is 0.0455. The molecule has 0 fully saturated rings. The Kier molecular flexibility index (Phi) is 4.93. The Labute approximate surface area is 161 Å². The van der Waals surface area contributed by atoms with Gasteiger partial charge in [-0.05, 0) is 23.8 Å². The predicted octanol–water partition coefficient (Wildman–Crippen LogP) is 4.46. The zero-order valence-corrected chi connectivity index (χ0v) is 14.9. The van der Waals surface area contributed by atoms with E-state index in [9.17, 15) is 9.18 Å². The Balaban J connectivity index is 1.57. The highest BCUT2D eigenvalue weighted by atomic mass is 19.1. The third-order valence-electron chi connectivity index (χ3n) is 4.28. The molecule has 1 aromatic heterocycles. The van der Waals surface area contributed by atoms with Crippen molar-refractivity contribution >= 4 is 11.6 Å². The predicted molar refractivity (Wildman–Crippen MR) is 106 cm³/mol. The molecule has 0 unspecified atom stereocenters. The van der Waals surface area contributed by atoms with Crippen molar-refractivity contribution in [3.8, 4) is 22.8 Å². The summed E-state index contributed by atoms with van der Waals surface area (Å²) < 4.78 is 13.8. The molecule has 4 aromatic rings. The summed E-state index contributed by atoms with van der Waals surface area (Å²) in [5.74, 6) is 0.415. The van der Waals surface area contributed by atoms with Crippen LogP contribution in [-0.2, 0) is 11.2 Å². The van der Waals surface area contributed by atoms with E-state index in [4.69, 9.17) is 0 Å². The summed E-state index contributed by atoms with van der Waals surface area (Å²) in [7, 11) is 0. The van der Waals surface area contributed by atoms with E-state index in [0.29, 0.717) is 28.5 Å². The summed E-state index contributed by atoms with van der Waals surface area (Å²) in [6, 6.07) is 23.2. The van der Waals surface area contributed by atoms with Crippen molar-refractivity contribution in [1.82, 2.24) is 15.2 Å². The number of aromatic nitrogens is 3. The van der Waals surface area contributed by atoms with Gasteiger partial charge in [-0.15, -0.1) is 0 Å². The number of nitrogens with one attached hydrogen (secondary N) is 2. The molecule has 0 spiro atoms. The van der Waals surface area contributed by atoms with Crippen LogP contribution in [0.2, 0.25) is 0 Å².